The van der Waals surface area contributed by atoms with Crippen LogP contribution in [0.2, 0.25) is 0 Å². The van der Waals surface area contributed by atoms with E-state index < -0.39 is 10.7 Å². The van der Waals surface area contributed by atoms with Gasteiger partial charge in [0.1, 0.15) is 5.82 Å². The van der Waals surface area contributed by atoms with Crippen molar-refractivity contribution in [1.29, 1.82) is 0 Å². The summed E-state index contributed by atoms with van der Waals surface area (Å²) in [6.07, 6.45) is 2.07. The molecule has 0 aromatic heterocycles. The largest absolute Gasteiger partial charge is 0.469 e. The van der Waals surface area contributed by atoms with E-state index in [-0.39, 0.29) is 20.6 Å². The Hall–Kier alpha value is -0.900. The molecule has 0 N–H and O–H groups in total. The highest BCUT2D eigenvalue weighted by molar-refractivity contribution is 14.1. The number of hydrogen-bond acceptors (Lipinski definition) is 5. The molecule has 1 aliphatic carbocycles. The average Bonchev–Trinajstić information content (AvgIpc) is 3.19. The first-order chi connectivity index (χ1) is 9.87. The summed E-state index contributed by atoms with van der Waals surface area (Å²) in [4.78, 5) is 22.2. The molecule has 1 aliphatic rings. The van der Waals surface area contributed by atoms with Gasteiger partial charge in [-0.1, -0.05) is 0 Å². The highest BCUT2D eigenvalue weighted by atomic mass is 127. The molecule has 21 heavy (non-hydrogen) atoms. The number of nitrogens with zero attached hydrogens (tertiary/aromatic N) is 1. The first-order valence-corrected chi connectivity index (χ1v) is 8.26. The molecule has 8 heteroatoms. The van der Waals surface area contributed by atoms with E-state index in [0.717, 1.165) is 12.8 Å². The smallest absolute Gasteiger partial charge is 0.306 e. The number of nitro benzene ring substituents is 1. The van der Waals surface area contributed by atoms with Crippen LogP contribution in [0.5, 0.6) is 0 Å². The van der Waals surface area contributed by atoms with Gasteiger partial charge in [0.25, 0.3) is 5.69 Å². The average molecular weight is 425 g/mol. The van der Waals surface area contributed by atoms with Gasteiger partial charge in [-0.25, -0.2) is 4.39 Å². The Morgan fingerprint density at radius 3 is 2.76 bits per heavy atom. The number of benzene rings is 1. The number of carbonyl (C=O) groups is 1. The summed E-state index contributed by atoms with van der Waals surface area (Å²) in [6.45, 7) is 0. The van der Waals surface area contributed by atoms with Crippen molar-refractivity contribution in [3.05, 3.63) is 31.6 Å². The Bertz CT molecular complexity index is 592. The van der Waals surface area contributed by atoms with Crippen molar-refractivity contribution in [2.24, 2.45) is 5.41 Å². The van der Waals surface area contributed by atoms with Gasteiger partial charge in [-0.05, 0) is 46.9 Å². The van der Waals surface area contributed by atoms with Crippen LogP contribution in [0.4, 0.5) is 10.1 Å². The summed E-state index contributed by atoms with van der Waals surface area (Å²) < 4.78 is 18.5. The number of methoxy groups -OCH3 is 1. The number of halogens is 2. The quantitative estimate of drug-likeness (QED) is 0.228. The van der Waals surface area contributed by atoms with Gasteiger partial charge in [0, 0.05) is 11.8 Å². The molecule has 0 radical (unpaired) electrons. The predicted molar refractivity (Wildman–Crippen MR) is 84.8 cm³/mol. The second-order valence-electron chi connectivity index (χ2n) is 5.03. The van der Waals surface area contributed by atoms with E-state index in [9.17, 15) is 19.3 Å². The summed E-state index contributed by atoms with van der Waals surface area (Å²) in [5, 5.41) is 11.0. The zero-order valence-corrected chi connectivity index (χ0v) is 14.2. The molecule has 114 valence electrons. The fourth-order valence-electron chi connectivity index (χ4n) is 1.93. The van der Waals surface area contributed by atoms with Gasteiger partial charge >= 0.3 is 5.97 Å². The number of rotatable bonds is 6. The van der Waals surface area contributed by atoms with Crippen molar-refractivity contribution < 1.29 is 18.8 Å². The lowest BCUT2D eigenvalue weighted by Gasteiger charge is -2.13. The van der Waals surface area contributed by atoms with E-state index >= 15 is 0 Å². The van der Waals surface area contributed by atoms with Crippen LogP contribution in [0.25, 0.3) is 0 Å². The number of nitro groups is 1. The van der Waals surface area contributed by atoms with E-state index in [2.05, 4.69) is 4.74 Å². The maximum atomic E-state index is 13.6. The topological polar surface area (TPSA) is 69.4 Å². The third kappa shape index (κ3) is 4.06. The lowest BCUT2D eigenvalue weighted by molar-refractivity contribution is -0.387. The third-order valence-corrected chi connectivity index (χ3v) is 5.66. The third-order valence-electron chi connectivity index (χ3n) is 3.44. The Balaban J connectivity index is 2.11. The minimum Gasteiger partial charge on any atom is -0.469 e. The van der Waals surface area contributed by atoms with E-state index in [0.29, 0.717) is 17.1 Å². The lowest BCUT2D eigenvalue weighted by Crippen LogP contribution is -2.13. The fourth-order valence-corrected chi connectivity index (χ4v) is 3.71. The van der Waals surface area contributed by atoms with Gasteiger partial charge in [-0.3, -0.25) is 14.9 Å². The van der Waals surface area contributed by atoms with Gasteiger partial charge < -0.3 is 4.74 Å². The Morgan fingerprint density at radius 2 is 2.24 bits per heavy atom. The molecular weight excluding hydrogens is 412 g/mol. The number of carbonyl (C=O) groups excluding carboxylic acids is 1. The number of ether oxygens (including phenoxy) is 1. The van der Waals surface area contributed by atoms with Crippen molar-refractivity contribution in [3.8, 4) is 0 Å². The molecular formula is C13H13FINO4S. The second kappa shape index (κ2) is 6.47. The van der Waals surface area contributed by atoms with Gasteiger partial charge in [-0.15, -0.1) is 11.8 Å². The molecule has 1 aromatic carbocycles. The zero-order valence-electron chi connectivity index (χ0n) is 11.2. The summed E-state index contributed by atoms with van der Waals surface area (Å²) in [5.74, 6) is -0.207. The molecule has 0 bridgehead atoms. The van der Waals surface area contributed by atoms with Crippen molar-refractivity contribution >= 4 is 46.0 Å². The van der Waals surface area contributed by atoms with Crippen LogP contribution in [0.1, 0.15) is 19.3 Å². The molecule has 0 aliphatic heterocycles. The van der Waals surface area contributed by atoms with E-state index in [1.165, 1.54) is 31.0 Å². The van der Waals surface area contributed by atoms with Gasteiger partial charge in [-0.2, -0.15) is 0 Å². The Labute approximate surface area is 138 Å². The van der Waals surface area contributed by atoms with E-state index in [1.807, 2.05) is 0 Å². The van der Waals surface area contributed by atoms with Gasteiger partial charge in [0.15, 0.2) is 0 Å². The number of hydrogen-bond donors (Lipinski definition) is 0. The SMILES string of the molecule is COC(=O)CC1(CSc2cc(F)c(I)cc2[N+](=O)[O-])CC1. The minimum atomic E-state index is -0.510. The molecule has 2 rings (SSSR count). The standard InChI is InChI=1S/C13H13FINO4S/c1-20-12(17)6-13(2-3-13)7-21-11-4-8(14)9(15)5-10(11)16(18)19/h4-5H,2-3,6-7H2,1H3. The van der Waals surface area contributed by atoms with Crippen LogP contribution in [0.3, 0.4) is 0 Å². The van der Waals surface area contributed by atoms with Crippen LogP contribution in [0, 0.1) is 24.9 Å². The number of esters is 1. The molecule has 1 fully saturated rings. The molecule has 1 aromatic rings. The Kier molecular flexibility index (Phi) is 5.07. The molecule has 5 nitrogen and oxygen atoms in total. The molecule has 0 unspecified atom stereocenters. The molecule has 0 amide bonds. The maximum absolute atomic E-state index is 13.6. The van der Waals surface area contributed by atoms with Crippen LogP contribution < -0.4 is 0 Å². The maximum Gasteiger partial charge on any atom is 0.306 e. The summed E-state index contributed by atoms with van der Waals surface area (Å²) in [5.41, 5.74) is -0.259. The van der Waals surface area contributed by atoms with Crippen LogP contribution in [-0.2, 0) is 9.53 Å². The first kappa shape index (κ1) is 16.5. The van der Waals surface area contributed by atoms with Crippen molar-refractivity contribution in [1.82, 2.24) is 0 Å². The highest BCUT2D eigenvalue weighted by Gasteiger charge is 2.44. The van der Waals surface area contributed by atoms with Crippen molar-refractivity contribution in [2.75, 3.05) is 12.9 Å². The first-order valence-electron chi connectivity index (χ1n) is 6.20. The molecule has 0 saturated heterocycles. The van der Waals surface area contributed by atoms with Crippen molar-refractivity contribution in [2.45, 2.75) is 24.2 Å². The van der Waals surface area contributed by atoms with Gasteiger partial charge in [0.2, 0.25) is 0 Å². The second-order valence-corrected chi connectivity index (χ2v) is 7.21. The molecule has 0 heterocycles. The normalized spacial score (nSPS) is 15.6. The molecule has 1 saturated carbocycles. The summed E-state index contributed by atoms with van der Waals surface area (Å²) >= 11 is 2.96. The molecule has 0 atom stereocenters. The van der Waals surface area contributed by atoms with Crippen molar-refractivity contribution in [3.63, 3.8) is 0 Å². The zero-order chi connectivity index (χ0) is 15.6. The van der Waals surface area contributed by atoms with Crippen LogP contribution >= 0.6 is 34.4 Å². The van der Waals surface area contributed by atoms with E-state index in [1.54, 1.807) is 22.6 Å². The highest BCUT2D eigenvalue weighted by Crippen LogP contribution is 2.52. The summed E-state index contributed by atoms with van der Waals surface area (Å²) in [6, 6.07) is 2.43. The predicted octanol–water partition coefficient (Wildman–Crippen LogP) is 3.77. The summed E-state index contributed by atoms with van der Waals surface area (Å²) in [7, 11) is 1.34. The monoisotopic (exact) mass is 425 g/mol. The molecule has 0 spiro atoms. The number of thioether (sulfide) groups is 1. The fraction of sp³-hybridized carbons (Fsp3) is 0.462. The van der Waals surface area contributed by atoms with Crippen LogP contribution in [0.15, 0.2) is 17.0 Å². The van der Waals surface area contributed by atoms with Gasteiger partial charge in [0.05, 0.1) is 26.9 Å². The van der Waals surface area contributed by atoms with Crippen LogP contribution in [-0.4, -0.2) is 23.8 Å². The Morgan fingerprint density at radius 1 is 1.57 bits per heavy atom. The minimum absolute atomic E-state index is 0.0975. The lowest BCUT2D eigenvalue weighted by atomic mass is 10.1. The van der Waals surface area contributed by atoms with E-state index in [4.69, 9.17) is 0 Å².